The molecule has 1 unspecified atom stereocenters. The van der Waals surface area contributed by atoms with E-state index in [1.807, 2.05) is 19.1 Å². The van der Waals surface area contributed by atoms with Gasteiger partial charge < -0.3 is 5.11 Å². The van der Waals surface area contributed by atoms with Crippen LogP contribution in [0.2, 0.25) is 0 Å². The minimum atomic E-state index is -3.86. The van der Waals surface area contributed by atoms with Crippen LogP contribution in [0.3, 0.4) is 0 Å². The van der Waals surface area contributed by atoms with Crippen LogP contribution >= 0.6 is 15.9 Å². The molecule has 0 saturated heterocycles. The van der Waals surface area contributed by atoms with Crippen LogP contribution in [-0.2, 0) is 16.4 Å². The van der Waals surface area contributed by atoms with Crippen LogP contribution in [0.1, 0.15) is 22.8 Å². The molecule has 0 aromatic heterocycles. The average Bonchev–Trinajstić information content (AvgIpc) is 2.83. The number of fused-ring (bicyclic) bond motifs is 1. The number of sulfonamides is 1. The van der Waals surface area contributed by atoms with Gasteiger partial charge in [-0.1, -0.05) is 18.2 Å². The van der Waals surface area contributed by atoms with Crippen LogP contribution in [0.5, 0.6) is 0 Å². The zero-order valence-electron chi connectivity index (χ0n) is 12.2. The van der Waals surface area contributed by atoms with Gasteiger partial charge in [0.25, 0.3) is 10.0 Å². The van der Waals surface area contributed by atoms with Crippen LogP contribution in [0.25, 0.3) is 0 Å². The van der Waals surface area contributed by atoms with Crippen molar-refractivity contribution >= 4 is 37.6 Å². The Labute approximate surface area is 142 Å². The number of halogens is 1. The minimum absolute atomic E-state index is 0.0408. The summed E-state index contributed by atoms with van der Waals surface area (Å²) in [5.41, 5.74) is 1.55. The van der Waals surface area contributed by atoms with Gasteiger partial charge in [-0.15, -0.1) is 0 Å². The monoisotopic (exact) mass is 395 g/mol. The Kier molecular flexibility index (Phi) is 3.93. The molecule has 0 saturated carbocycles. The number of hydrogen-bond donors (Lipinski definition) is 1. The number of nitrogens with zero attached hydrogens (tertiary/aromatic N) is 1. The van der Waals surface area contributed by atoms with Gasteiger partial charge >= 0.3 is 5.97 Å². The highest BCUT2D eigenvalue weighted by Crippen LogP contribution is 2.38. The molecule has 1 heterocycles. The van der Waals surface area contributed by atoms with Crippen molar-refractivity contribution in [3.8, 4) is 0 Å². The summed E-state index contributed by atoms with van der Waals surface area (Å²) in [7, 11) is -3.86. The largest absolute Gasteiger partial charge is 0.478 e. The van der Waals surface area contributed by atoms with Crippen molar-refractivity contribution in [2.24, 2.45) is 0 Å². The molecular weight excluding hydrogens is 382 g/mol. The third-order valence-corrected chi connectivity index (χ3v) is 6.78. The summed E-state index contributed by atoms with van der Waals surface area (Å²) in [5, 5.41) is 9.12. The maximum Gasteiger partial charge on any atom is 0.335 e. The minimum Gasteiger partial charge on any atom is -0.478 e. The van der Waals surface area contributed by atoms with Gasteiger partial charge in [-0.2, -0.15) is 0 Å². The van der Waals surface area contributed by atoms with E-state index >= 15 is 0 Å². The second-order valence-corrected chi connectivity index (χ2v) is 8.07. The van der Waals surface area contributed by atoms with Crippen LogP contribution in [0.4, 0.5) is 5.69 Å². The van der Waals surface area contributed by atoms with Crippen molar-refractivity contribution in [1.82, 2.24) is 0 Å². The Morgan fingerprint density at radius 2 is 1.96 bits per heavy atom. The molecular formula is C16H14BrNO4S. The number of para-hydroxylation sites is 1. The van der Waals surface area contributed by atoms with Gasteiger partial charge in [0, 0.05) is 10.5 Å². The lowest BCUT2D eigenvalue weighted by Crippen LogP contribution is -2.36. The number of carboxylic acids is 1. The molecule has 2 aromatic rings. The summed E-state index contributed by atoms with van der Waals surface area (Å²) in [5.74, 6) is -1.16. The van der Waals surface area contributed by atoms with Gasteiger partial charge in [-0.25, -0.2) is 13.2 Å². The average molecular weight is 396 g/mol. The molecule has 5 nitrogen and oxygen atoms in total. The van der Waals surface area contributed by atoms with E-state index < -0.39 is 16.0 Å². The first-order valence-corrected chi connectivity index (χ1v) is 9.21. The van der Waals surface area contributed by atoms with E-state index in [0.717, 1.165) is 5.56 Å². The molecule has 1 N–H and O–H groups in total. The van der Waals surface area contributed by atoms with Crippen molar-refractivity contribution in [2.75, 3.05) is 4.31 Å². The summed E-state index contributed by atoms with van der Waals surface area (Å²) in [6.45, 7) is 1.84. The predicted octanol–water partition coefficient (Wildman–Crippen LogP) is 3.29. The Morgan fingerprint density at radius 1 is 1.26 bits per heavy atom. The second kappa shape index (κ2) is 5.65. The highest BCUT2D eigenvalue weighted by molar-refractivity contribution is 9.10. The summed E-state index contributed by atoms with van der Waals surface area (Å²) in [6.07, 6.45) is 0.631. The standard InChI is InChI=1S/C16H14BrNO4S/c1-10-8-11-4-2-3-5-14(11)18(10)23(21,22)15-9-12(16(19)20)6-7-13(15)17/h2-7,9-10H,8H2,1H3,(H,19,20). The number of hydrogen-bond acceptors (Lipinski definition) is 3. The Bertz CT molecular complexity index is 895. The van der Waals surface area contributed by atoms with E-state index in [1.165, 1.54) is 22.5 Å². The van der Waals surface area contributed by atoms with E-state index in [0.29, 0.717) is 16.6 Å². The van der Waals surface area contributed by atoms with E-state index in [1.54, 1.807) is 12.1 Å². The summed E-state index contributed by atoms with van der Waals surface area (Å²) < 4.78 is 27.9. The third-order valence-electron chi connectivity index (χ3n) is 3.86. The molecule has 120 valence electrons. The first-order chi connectivity index (χ1) is 10.8. The molecule has 0 spiro atoms. The fourth-order valence-electron chi connectivity index (χ4n) is 2.84. The van der Waals surface area contributed by atoms with Gasteiger partial charge in [0.1, 0.15) is 4.90 Å². The Balaban J connectivity index is 2.17. The molecule has 0 bridgehead atoms. The number of rotatable bonds is 3. The lowest BCUT2D eigenvalue weighted by Gasteiger charge is -2.25. The molecule has 0 radical (unpaired) electrons. The topological polar surface area (TPSA) is 74.7 Å². The Morgan fingerprint density at radius 3 is 2.65 bits per heavy atom. The van der Waals surface area contributed by atoms with Gasteiger partial charge in [0.2, 0.25) is 0 Å². The smallest absolute Gasteiger partial charge is 0.335 e. The number of carboxylic acid groups (broad SMARTS) is 1. The summed E-state index contributed by atoms with van der Waals surface area (Å²) in [6, 6.07) is 11.1. The first-order valence-electron chi connectivity index (χ1n) is 6.97. The van der Waals surface area contributed by atoms with E-state index in [-0.39, 0.29) is 16.5 Å². The highest BCUT2D eigenvalue weighted by Gasteiger charge is 2.37. The van der Waals surface area contributed by atoms with Crippen molar-refractivity contribution in [1.29, 1.82) is 0 Å². The number of benzene rings is 2. The number of carbonyl (C=O) groups is 1. The van der Waals surface area contributed by atoms with Crippen LogP contribution in [-0.4, -0.2) is 25.5 Å². The maximum atomic E-state index is 13.1. The number of anilines is 1. The van der Waals surface area contributed by atoms with Gasteiger partial charge in [0.15, 0.2) is 0 Å². The van der Waals surface area contributed by atoms with Gasteiger partial charge in [-0.05, 0) is 59.1 Å². The highest BCUT2D eigenvalue weighted by atomic mass is 79.9. The zero-order valence-corrected chi connectivity index (χ0v) is 14.6. The lowest BCUT2D eigenvalue weighted by molar-refractivity contribution is 0.0696. The number of aromatic carboxylic acids is 1. The molecule has 1 aliphatic rings. The van der Waals surface area contributed by atoms with Crippen molar-refractivity contribution in [3.05, 3.63) is 58.1 Å². The van der Waals surface area contributed by atoms with Crippen molar-refractivity contribution in [2.45, 2.75) is 24.3 Å². The van der Waals surface area contributed by atoms with Gasteiger partial charge in [0.05, 0.1) is 11.3 Å². The fraction of sp³-hybridized carbons (Fsp3) is 0.188. The predicted molar refractivity (Wildman–Crippen MR) is 90.4 cm³/mol. The lowest BCUT2D eigenvalue weighted by atomic mass is 10.1. The first kappa shape index (κ1) is 16.0. The van der Waals surface area contributed by atoms with E-state index in [2.05, 4.69) is 15.9 Å². The fourth-order valence-corrected chi connectivity index (χ4v) is 5.49. The molecule has 7 heteroatoms. The SMILES string of the molecule is CC1Cc2ccccc2N1S(=O)(=O)c1cc(C(=O)O)ccc1Br. The van der Waals surface area contributed by atoms with Crippen LogP contribution < -0.4 is 4.31 Å². The molecule has 23 heavy (non-hydrogen) atoms. The van der Waals surface area contributed by atoms with Crippen molar-refractivity contribution < 1.29 is 18.3 Å². The molecule has 2 aromatic carbocycles. The van der Waals surface area contributed by atoms with Crippen LogP contribution in [0.15, 0.2) is 51.8 Å². The third kappa shape index (κ3) is 2.64. The van der Waals surface area contributed by atoms with E-state index in [4.69, 9.17) is 5.11 Å². The quantitative estimate of drug-likeness (QED) is 0.864. The van der Waals surface area contributed by atoms with Crippen molar-refractivity contribution in [3.63, 3.8) is 0 Å². The zero-order chi connectivity index (χ0) is 16.8. The molecule has 0 amide bonds. The molecule has 3 rings (SSSR count). The summed E-state index contributed by atoms with van der Waals surface area (Å²) >= 11 is 3.22. The molecule has 0 aliphatic carbocycles. The van der Waals surface area contributed by atoms with Gasteiger partial charge in [-0.3, -0.25) is 4.31 Å². The molecule has 0 fully saturated rings. The van der Waals surface area contributed by atoms with E-state index in [9.17, 15) is 13.2 Å². The normalized spacial score (nSPS) is 17.1. The Hall–Kier alpha value is -1.86. The van der Waals surface area contributed by atoms with Crippen LogP contribution in [0, 0.1) is 0 Å². The molecule has 1 aliphatic heterocycles. The summed E-state index contributed by atoms with van der Waals surface area (Å²) in [4.78, 5) is 11.1. The molecule has 1 atom stereocenters. The second-order valence-electron chi connectivity index (χ2n) is 5.43. The maximum absolute atomic E-state index is 13.1.